The highest BCUT2D eigenvalue weighted by molar-refractivity contribution is 7.99. The van der Waals surface area contributed by atoms with Crippen LogP contribution >= 0.6 is 11.8 Å². The molecule has 0 radical (unpaired) electrons. The summed E-state index contributed by atoms with van der Waals surface area (Å²) in [6.45, 7) is 1.41. The molecule has 1 atom stereocenters. The van der Waals surface area contributed by atoms with Gasteiger partial charge in [-0.3, -0.25) is 0 Å². The van der Waals surface area contributed by atoms with E-state index in [1.165, 1.54) is 56.5 Å². The summed E-state index contributed by atoms with van der Waals surface area (Å²) in [5.74, 6) is 2.60. The number of thioether (sulfide) groups is 1. The average Bonchev–Trinajstić information content (AvgIpc) is 2.39. The van der Waals surface area contributed by atoms with Crippen LogP contribution in [0.2, 0.25) is 0 Å². The summed E-state index contributed by atoms with van der Waals surface area (Å²) in [5, 5.41) is 13.3. The van der Waals surface area contributed by atoms with Gasteiger partial charge in [0.15, 0.2) is 0 Å². The standard InChI is InChI=1S/C13H25NOS/c15-11-13(6-2-1-3-7-13)10-14-12-5-4-8-16-9-12/h12,14-15H,1-11H2. The normalized spacial score (nSPS) is 30.2. The van der Waals surface area contributed by atoms with Crippen molar-refractivity contribution in [3.63, 3.8) is 0 Å². The quantitative estimate of drug-likeness (QED) is 0.795. The molecule has 0 aromatic heterocycles. The number of hydrogen-bond acceptors (Lipinski definition) is 3. The fourth-order valence-electron chi connectivity index (χ4n) is 2.96. The van der Waals surface area contributed by atoms with Crippen LogP contribution in [0.1, 0.15) is 44.9 Å². The van der Waals surface area contributed by atoms with E-state index in [0.29, 0.717) is 12.6 Å². The molecule has 1 aliphatic heterocycles. The van der Waals surface area contributed by atoms with Gasteiger partial charge in [0.05, 0.1) is 0 Å². The van der Waals surface area contributed by atoms with Gasteiger partial charge in [0.1, 0.15) is 0 Å². The predicted molar refractivity (Wildman–Crippen MR) is 71.0 cm³/mol. The Bertz CT molecular complexity index is 198. The molecule has 16 heavy (non-hydrogen) atoms. The van der Waals surface area contributed by atoms with E-state index in [9.17, 15) is 5.11 Å². The maximum absolute atomic E-state index is 9.63. The van der Waals surface area contributed by atoms with Crippen molar-refractivity contribution in [2.24, 2.45) is 5.41 Å². The molecule has 2 nitrogen and oxygen atoms in total. The van der Waals surface area contributed by atoms with E-state index in [4.69, 9.17) is 0 Å². The van der Waals surface area contributed by atoms with Crippen molar-refractivity contribution in [2.75, 3.05) is 24.7 Å². The van der Waals surface area contributed by atoms with Crippen LogP contribution in [0.5, 0.6) is 0 Å². The third-order valence-electron chi connectivity index (χ3n) is 4.18. The first-order chi connectivity index (χ1) is 7.85. The molecule has 2 fully saturated rings. The lowest BCUT2D eigenvalue weighted by atomic mass is 9.74. The van der Waals surface area contributed by atoms with Gasteiger partial charge in [-0.15, -0.1) is 0 Å². The molecular weight excluding hydrogens is 218 g/mol. The zero-order valence-corrected chi connectivity index (χ0v) is 11.0. The maximum Gasteiger partial charge on any atom is 0.0499 e. The zero-order chi connectivity index (χ0) is 11.3. The summed E-state index contributed by atoms with van der Waals surface area (Å²) in [5.41, 5.74) is 0.209. The van der Waals surface area contributed by atoms with E-state index >= 15 is 0 Å². The molecule has 2 aliphatic rings. The first-order valence-corrected chi connectivity index (χ1v) is 7.92. The molecule has 2 N–H and O–H groups in total. The highest BCUT2D eigenvalue weighted by atomic mass is 32.2. The molecule has 1 saturated carbocycles. The number of hydrogen-bond donors (Lipinski definition) is 2. The van der Waals surface area contributed by atoms with Crippen molar-refractivity contribution in [2.45, 2.75) is 51.0 Å². The Morgan fingerprint density at radius 3 is 2.62 bits per heavy atom. The Kier molecular flexibility index (Phi) is 4.98. The molecule has 0 spiro atoms. The van der Waals surface area contributed by atoms with E-state index in [1.54, 1.807) is 0 Å². The van der Waals surface area contributed by atoms with Crippen molar-refractivity contribution in [3.05, 3.63) is 0 Å². The van der Waals surface area contributed by atoms with Crippen LogP contribution in [-0.4, -0.2) is 35.8 Å². The van der Waals surface area contributed by atoms with Crippen LogP contribution in [0.3, 0.4) is 0 Å². The van der Waals surface area contributed by atoms with E-state index in [2.05, 4.69) is 17.1 Å². The van der Waals surface area contributed by atoms with Crippen LogP contribution < -0.4 is 5.32 Å². The topological polar surface area (TPSA) is 32.3 Å². The Morgan fingerprint density at radius 2 is 2.00 bits per heavy atom. The van der Waals surface area contributed by atoms with Crippen molar-refractivity contribution < 1.29 is 5.11 Å². The minimum atomic E-state index is 0.209. The van der Waals surface area contributed by atoms with Gasteiger partial charge >= 0.3 is 0 Å². The summed E-state index contributed by atoms with van der Waals surface area (Å²) < 4.78 is 0. The highest BCUT2D eigenvalue weighted by Crippen LogP contribution is 2.35. The minimum absolute atomic E-state index is 0.209. The van der Waals surface area contributed by atoms with Crippen LogP contribution in [0.4, 0.5) is 0 Å². The maximum atomic E-state index is 9.63. The summed E-state index contributed by atoms with van der Waals surface area (Å²) >= 11 is 2.07. The molecule has 0 aromatic rings. The van der Waals surface area contributed by atoms with Crippen molar-refractivity contribution in [1.82, 2.24) is 5.32 Å². The second-order valence-corrected chi connectivity index (χ2v) is 6.66. The Morgan fingerprint density at radius 1 is 1.19 bits per heavy atom. The molecule has 1 heterocycles. The fourth-order valence-corrected chi connectivity index (χ4v) is 4.06. The first kappa shape index (κ1) is 12.7. The molecule has 0 bridgehead atoms. The lowest BCUT2D eigenvalue weighted by molar-refractivity contribution is 0.0786. The molecule has 2 rings (SSSR count). The summed E-state index contributed by atoms with van der Waals surface area (Å²) in [6, 6.07) is 0.698. The van der Waals surface area contributed by atoms with Gasteiger partial charge < -0.3 is 10.4 Å². The molecule has 0 aromatic carbocycles. The van der Waals surface area contributed by atoms with Crippen LogP contribution in [-0.2, 0) is 0 Å². The molecule has 1 saturated heterocycles. The van der Waals surface area contributed by atoms with Gasteiger partial charge in [-0.1, -0.05) is 19.3 Å². The second-order valence-electron chi connectivity index (χ2n) is 5.51. The SMILES string of the molecule is OCC1(CNC2CCCSC2)CCCCC1. The van der Waals surface area contributed by atoms with Gasteiger partial charge in [-0.2, -0.15) is 11.8 Å². The smallest absolute Gasteiger partial charge is 0.0499 e. The Hall–Kier alpha value is 0.270. The monoisotopic (exact) mass is 243 g/mol. The van der Waals surface area contributed by atoms with Gasteiger partial charge in [0.2, 0.25) is 0 Å². The van der Waals surface area contributed by atoms with Gasteiger partial charge in [0, 0.05) is 30.4 Å². The predicted octanol–water partition coefficient (Wildman–Crippen LogP) is 2.41. The van der Waals surface area contributed by atoms with Gasteiger partial charge in [0.25, 0.3) is 0 Å². The molecule has 1 unspecified atom stereocenters. The Labute approximate surface area is 104 Å². The summed E-state index contributed by atoms with van der Waals surface area (Å²) in [7, 11) is 0. The van der Waals surface area contributed by atoms with Gasteiger partial charge in [-0.25, -0.2) is 0 Å². The van der Waals surface area contributed by atoms with E-state index < -0.39 is 0 Å². The lowest BCUT2D eigenvalue weighted by Gasteiger charge is -2.37. The van der Waals surface area contributed by atoms with E-state index in [0.717, 1.165) is 6.54 Å². The molecule has 3 heteroatoms. The van der Waals surface area contributed by atoms with E-state index in [1.807, 2.05) is 0 Å². The molecular formula is C13H25NOS. The molecule has 0 amide bonds. The second kappa shape index (κ2) is 6.27. The van der Waals surface area contributed by atoms with Crippen LogP contribution in [0.15, 0.2) is 0 Å². The third-order valence-corrected chi connectivity index (χ3v) is 5.39. The summed E-state index contributed by atoms with van der Waals surface area (Å²) in [6.07, 6.45) is 9.10. The highest BCUT2D eigenvalue weighted by Gasteiger charge is 2.31. The Balaban J connectivity index is 1.77. The van der Waals surface area contributed by atoms with Crippen LogP contribution in [0.25, 0.3) is 0 Å². The average molecular weight is 243 g/mol. The van der Waals surface area contributed by atoms with Crippen molar-refractivity contribution in [3.8, 4) is 0 Å². The number of aliphatic hydroxyl groups excluding tert-OH is 1. The number of aliphatic hydroxyl groups is 1. The minimum Gasteiger partial charge on any atom is -0.396 e. The van der Waals surface area contributed by atoms with Crippen molar-refractivity contribution >= 4 is 11.8 Å². The van der Waals surface area contributed by atoms with Crippen LogP contribution in [0, 0.1) is 5.41 Å². The van der Waals surface area contributed by atoms with Gasteiger partial charge in [-0.05, 0) is 31.4 Å². The number of nitrogens with one attached hydrogen (secondary N) is 1. The fraction of sp³-hybridized carbons (Fsp3) is 1.00. The molecule has 1 aliphatic carbocycles. The molecule has 94 valence electrons. The third kappa shape index (κ3) is 3.38. The van der Waals surface area contributed by atoms with E-state index in [-0.39, 0.29) is 5.41 Å². The summed E-state index contributed by atoms with van der Waals surface area (Å²) in [4.78, 5) is 0. The number of rotatable bonds is 4. The first-order valence-electron chi connectivity index (χ1n) is 6.77. The lowest BCUT2D eigenvalue weighted by Crippen LogP contribution is -2.44. The van der Waals surface area contributed by atoms with Crippen molar-refractivity contribution in [1.29, 1.82) is 0 Å². The largest absolute Gasteiger partial charge is 0.396 e. The zero-order valence-electron chi connectivity index (χ0n) is 10.2.